The molecule has 1 saturated heterocycles. The highest BCUT2D eigenvalue weighted by Gasteiger charge is 2.52. The minimum Gasteiger partial charge on any atom is -0.462 e. The molecule has 0 aromatic heterocycles. The fourth-order valence-electron chi connectivity index (χ4n) is 8.02. The number of ether oxygens (including phenoxy) is 3. The van der Waals surface area contributed by atoms with E-state index in [0.29, 0.717) is 30.9 Å². The SMILES string of the molecule is Cc1cc(C)c(C(=O)OCC[Si](C)(C)C)c(C2CC2C[C@@H]2OC(C)(C)O[C@@H]2C(O)C#CC[C@H](C)O[Si](c2ccccc2)(c2ccccc2)C(C)(C)C)c1. The zero-order valence-electron chi connectivity index (χ0n) is 33.9. The van der Waals surface area contributed by atoms with Crippen molar-refractivity contribution >= 4 is 32.7 Å². The van der Waals surface area contributed by atoms with E-state index in [1.807, 2.05) is 32.9 Å². The molecule has 0 bridgehead atoms. The van der Waals surface area contributed by atoms with Gasteiger partial charge >= 0.3 is 5.97 Å². The lowest BCUT2D eigenvalue weighted by atomic mass is 9.93. The van der Waals surface area contributed by atoms with E-state index in [0.717, 1.165) is 29.2 Å². The van der Waals surface area contributed by atoms with Gasteiger partial charge in [-0.25, -0.2) is 4.79 Å². The zero-order valence-corrected chi connectivity index (χ0v) is 35.9. The monoisotopic (exact) mass is 754 g/mol. The van der Waals surface area contributed by atoms with Gasteiger partial charge in [0, 0.05) is 14.5 Å². The summed E-state index contributed by atoms with van der Waals surface area (Å²) in [6, 6.07) is 26.4. The second kappa shape index (κ2) is 16.4. The van der Waals surface area contributed by atoms with Gasteiger partial charge in [-0.3, -0.25) is 0 Å². The standard InChI is InChI=1S/C45H62O6Si2/c1-31-27-32(2)41(43(47)48-25-26-52(9,10)11)38(28-31)37-29-34(37)30-40-42(50-45(7,8)49-40)39(46)24-18-19-33(3)51-53(44(4,5)6,35-20-14-12-15-21-35)36-22-16-13-17-23-36/h12-17,20-23,27-28,33-34,37,39-40,42,46H,19,25-26,29-30H2,1-11H3/t33-,34?,37?,39?,40-,42+/m0/s1. The predicted molar refractivity (Wildman–Crippen MR) is 220 cm³/mol. The molecule has 3 unspecified atom stereocenters. The number of benzene rings is 3. The Morgan fingerprint density at radius 3 is 2.15 bits per heavy atom. The maximum Gasteiger partial charge on any atom is 0.338 e. The third kappa shape index (κ3) is 9.99. The fraction of sp³-hybridized carbons (Fsp3) is 0.533. The molecule has 2 fully saturated rings. The van der Waals surface area contributed by atoms with E-state index in [-0.39, 0.29) is 29.1 Å². The molecule has 2 aliphatic rings. The van der Waals surface area contributed by atoms with Crippen LogP contribution in [0.2, 0.25) is 30.7 Å². The van der Waals surface area contributed by atoms with Gasteiger partial charge in [-0.1, -0.05) is 131 Å². The van der Waals surface area contributed by atoms with E-state index in [1.54, 1.807) is 0 Å². The van der Waals surface area contributed by atoms with Gasteiger partial charge in [0.25, 0.3) is 8.32 Å². The van der Waals surface area contributed by atoms with E-state index in [1.165, 1.54) is 10.4 Å². The summed E-state index contributed by atoms with van der Waals surface area (Å²) in [5.41, 5.74) is 3.87. The highest BCUT2D eigenvalue weighted by molar-refractivity contribution is 6.99. The summed E-state index contributed by atoms with van der Waals surface area (Å²) in [5, 5.41) is 13.8. The van der Waals surface area contributed by atoms with Crippen LogP contribution in [0.25, 0.3) is 0 Å². The topological polar surface area (TPSA) is 74.2 Å². The molecule has 8 heteroatoms. The molecule has 1 heterocycles. The summed E-state index contributed by atoms with van der Waals surface area (Å²) >= 11 is 0. The number of aryl methyl sites for hydroxylation is 2. The van der Waals surface area contributed by atoms with Crippen LogP contribution >= 0.6 is 0 Å². The van der Waals surface area contributed by atoms with Crippen molar-refractivity contribution in [3.63, 3.8) is 0 Å². The third-order valence-corrected chi connectivity index (χ3v) is 17.5. The Hall–Kier alpha value is -3.04. The van der Waals surface area contributed by atoms with Gasteiger partial charge in [-0.15, -0.1) is 0 Å². The first-order chi connectivity index (χ1) is 24.8. The Balaban J connectivity index is 1.28. The molecular formula is C45H62O6Si2. The average molecular weight is 755 g/mol. The highest BCUT2D eigenvalue weighted by atomic mass is 28.4. The minimum atomic E-state index is -2.73. The van der Waals surface area contributed by atoms with E-state index in [4.69, 9.17) is 18.6 Å². The summed E-state index contributed by atoms with van der Waals surface area (Å²) in [6.07, 6.45) is 0.0289. The van der Waals surface area contributed by atoms with Crippen LogP contribution in [-0.2, 0) is 18.6 Å². The first-order valence-electron chi connectivity index (χ1n) is 19.4. The normalized spacial score (nSPS) is 22.4. The Morgan fingerprint density at radius 1 is 0.981 bits per heavy atom. The lowest BCUT2D eigenvalue weighted by Gasteiger charge is -2.44. The maximum atomic E-state index is 13.4. The molecule has 3 aromatic carbocycles. The van der Waals surface area contributed by atoms with Crippen molar-refractivity contribution in [1.82, 2.24) is 0 Å². The Labute approximate surface area is 321 Å². The van der Waals surface area contributed by atoms with E-state index < -0.39 is 34.4 Å². The third-order valence-electron chi connectivity index (χ3n) is 10.6. The molecule has 0 spiro atoms. The number of carbonyl (C=O) groups is 1. The smallest absolute Gasteiger partial charge is 0.338 e. The molecule has 3 aromatic rings. The van der Waals surface area contributed by atoms with Crippen LogP contribution in [0, 0.1) is 31.6 Å². The molecule has 0 radical (unpaired) electrons. The lowest BCUT2D eigenvalue weighted by Crippen LogP contribution is -2.67. The summed E-state index contributed by atoms with van der Waals surface area (Å²) < 4.78 is 25.7. The van der Waals surface area contributed by atoms with Crippen molar-refractivity contribution < 1.29 is 28.5 Å². The first-order valence-corrected chi connectivity index (χ1v) is 25.0. The summed E-state index contributed by atoms with van der Waals surface area (Å²) in [7, 11) is -4.05. The number of aliphatic hydroxyl groups is 1. The molecule has 1 N–H and O–H groups in total. The number of rotatable bonds is 13. The molecule has 1 aliphatic carbocycles. The highest BCUT2D eigenvalue weighted by Crippen LogP contribution is 2.53. The number of hydrogen-bond donors (Lipinski definition) is 1. The molecule has 1 saturated carbocycles. The average Bonchev–Trinajstić information content (AvgIpc) is 3.76. The van der Waals surface area contributed by atoms with Gasteiger partial charge in [0.05, 0.1) is 24.4 Å². The molecule has 53 heavy (non-hydrogen) atoms. The van der Waals surface area contributed by atoms with Crippen LogP contribution in [0.4, 0.5) is 0 Å². The molecular weight excluding hydrogens is 693 g/mol. The van der Waals surface area contributed by atoms with Gasteiger partial charge in [0.15, 0.2) is 5.79 Å². The van der Waals surface area contributed by atoms with Crippen molar-refractivity contribution in [3.05, 3.63) is 95.1 Å². The number of esters is 1. The van der Waals surface area contributed by atoms with Crippen molar-refractivity contribution in [2.75, 3.05) is 6.61 Å². The van der Waals surface area contributed by atoms with Gasteiger partial charge in [0.1, 0.15) is 12.2 Å². The van der Waals surface area contributed by atoms with Crippen molar-refractivity contribution in [2.45, 2.75) is 141 Å². The molecule has 6 nitrogen and oxygen atoms in total. The summed E-state index contributed by atoms with van der Waals surface area (Å²) in [6.45, 7) is 24.1. The lowest BCUT2D eigenvalue weighted by molar-refractivity contribution is -0.152. The molecule has 0 amide bonds. The van der Waals surface area contributed by atoms with Crippen molar-refractivity contribution in [3.8, 4) is 11.8 Å². The zero-order chi connectivity index (χ0) is 38.8. The van der Waals surface area contributed by atoms with Crippen molar-refractivity contribution in [1.29, 1.82) is 0 Å². The maximum absolute atomic E-state index is 13.4. The Kier molecular flexibility index (Phi) is 12.7. The fourth-order valence-corrected chi connectivity index (χ4v) is 13.4. The van der Waals surface area contributed by atoms with Crippen molar-refractivity contribution in [2.24, 2.45) is 5.92 Å². The van der Waals surface area contributed by atoms with Crippen LogP contribution in [-0.4, -0.2) is 64.3 Å². The Morgan fingerprint density at radius 2 is 1.58 bits per heavy atom. The van der Waals surface area contributed by atoms with E-state index in [9.17, 15) is 9.90 Å². The molecule has 5 rings (SSSR count). The minimum absolute atomic E-state index is 0.142. The van der Waals surface area contributed by atoms with Gasteiger partial charge in [-0.2, -0.15) is 0 Å². The van der Waals surface area contributed by atoms with E-state index in [2.05, 4.69) is 127 Å². The predicted octanol–water partition coefficient (Wildman–Crippen LogP) is 8.53. The number of carbonyl (C=O) groups excluding carboxylic acids is 1. The van der Waals surface area contributed by atoms with Crippen LogP contribution < -0.4 is 10.4 Å². The molecule has 286 valence electrons. The largest absolute Gasteiger partial charge is 0.462 e. The quantitative estimate of drug-likeness (QED) is 0.107. The van der Waals surface area contributed by atoms with Gasteiger partial charge < -0.3 is 23.7 Å². The van der Waals surface area contributed by atoms with Crippen LogP contribution in [0.15, 0.2) is 72.8 Å². The first kappa shape index (κ1) is 41.1. The second-order valence-corrected chi connectivity index (χ2v) is 27.9. The summed E-state index contributed by atoms with van der Waals surface area (Å²) in [4.78, 5) is 13.4. The second-order valence-electron chi connectivity index (χ2n) is 18.0. The Bertz CT molecular complexity index is 1730. The van der Waals surface area contributed by atoms with Gasteiger partial charge in [-0.05, 0) is 91.9 Å². The van der Waals surface area contributed by atoms with Gasteiger partial charge in [0.2, 0.25) is 0 Å². The van der Waals surface area contributed by atoms with Crippen LogP contribution in [0.1, 0.15) is 93.8 Å². The molecule has 1 aliphatic heterocycles. The number of aliphatic hydroxyl groups excluding tert-OH is 1. The summed E-state index contributed by atoms with van der Waals surface area (Å²) in [5.74, 6) is 5.84. The molecule has 6 atom stereocenters. The number of hydrogen-bond acceptors (Lipinski definition) is 6. The van der Waals surface area contributed by atoms with Crippen LogP contribution in [0.3, 0.4) is 0 Å². The van der Waals surface area contributed by atoms with E-state index >= 15 is 0 Å². The van der Waals surface area contributed by atoms with Crippen LogP contribution in [0.5, 0.6) is 0 Å².